The third-order valence-corrected chi connectivity index (χ3v) is 1.40. The molecule has 2 nitrogen and oxygen atoms in total. The van der Waals surface area contributed by atoms with Crippen molar-refractivity contribution in [3.8, 4) is 0 Å². The first-order chi connectivity index (χ1) is 3.71. The van der Waals surface area contributed by atoms with E-state index < -0.39 is 4.46 Å². The molecule has 0 aromatic carbocycles. The van der Waals surface area contributed by atoms with E-state index in [0.717, 1.165) is 6.54 Å². The maximum absolute atomic E-state index is 5.60. The van der Waals surface area contributed by atoms with Crippen molar-refractivity contribution in [3.05, 3.63) is 0 Å². The molecule has 0 spiro atoms. The summed E-state index contributed by atoms with van der Waals surface area (Å²) in [5.74, 6) is 0. The Balaban J connectivity index is 2.33. The van der Waals surface area contributed by atoms with E-state index in [1.54, 1.807) is 0 Å². The Morgan fingerprint density at radius 2 is 2.25 bits per heavy atom. The fourth-order valence-corrected chi connectivity index (χ4v) is 0.901. The summed E-state index contributed by atoms with van der Waals surface area (Å²) in [5.41, 5.74) is 0. The molecule has 1 rings (SSSR count). The molecule has 8 heavy (non-hydrogen) atoms. The van der Waals surface area contributed by atoms with Crippen LogP contribution >= 0.6 is 23.2 Å². The van der Waals surface area contributed by atoms with Crippen molar-refractivity contribution < 1.29 is 4.74 Å². The predicted octanol–water partition coefficient (Wildman–Crippen LogP) is 0.738. The van der Waals surface area contributed by atoms with Crippen molar-refractivity contribution in [3.63, 3.8) is 0 Å². The summed E-state index contributed by atoms with van der Waals surface area (Å²) >= 11 is 11.2. The van der Waals surface area contributed by atoms with E-state index in [9.17, 15) is 0 Å². The predicted molar refractivity (Wildman–Crippen MR) is 33.3 cm³/mol. The first-order valence-electron chi connectivity index (χ1n) is 2.41. The van der Waals surface area contributed by atoms with E-state index in [1.165, 1.54) is 0 Å². The second-order valence-electron chi connectivity index (χ2n) is 1.68. The van der Waals surface area contributed by atoms with Gasteiger partial charge in [0.15, 0.2) is 4.46 Å². The van der Waals surface area contributed by atoms with Gasteiger partial charge in [-0.3, -0.25) is 5.32 Å². The molecule has 0 amide bonds. The number of hydrogen-bond acceptors (Lipinski definition) is 2. The largest absolute Gasteiger partial charge is 0.376 e. The van der Waals surface area contributed by atoms with Gasteiger partial charge < -0.3 is 4.74 Å². The Morgan fingerprint density at radius 1 is 1.50 bits per heavy atom. The van der Waals surface area contributed by atoms with Crippen LogP contribution in [-0.2, 0) is 4.74 Å². The molecule has 48 valence electrons. The zero-order chi connectivity index (χ0) is 6.04. The highest BCUT2D eigenvalue weighted by Crippen LogP contribution is 2.18. The molecule has 0 bridgehead atoms. The molecule has 4 heteroatoms. The first-order valence-corrected chi connectivity index (χ1v) is 3.17. The summed E-state index contributed by atoms with van der Waals surface area (Å²) in [5, 5.41) is 2.86. The Bertz CT molecular complexity index is 78.1. The van der Waals surface area contributed by atoms with Crippen molar-refractivity contribution in [2.24, 2.45) is 0 Å². The van der Waals surface area contributed by atoms with E-state index >= 15 is 0 Å². The van der Waals surface area contributed by atoms with Gasteiger partial charge >= 0.3 is 0 Å². The van der Waals surface area contributed by atoms with Gasteiger partial charge in [-0.2, -0.15) is 0 Å². The van der Waals surface area contributed by atoms with Gasteiger partial charge in [-0.05, 0) is 0 Å². The summed E-state index contributed by atoms with van der Waals surface area (Å²) in [6.45, 7) is 1.80. The summed E-state index contributed by atoms with van der Waals surface area (Å²) in [4.78, 5) is 0. The highest BCUT2D eigenvalue weighted by atomic mass is 35.5. The SMILES string of the molecule is ClC1(Cl)COCCN1. The number of alkyl halides is 2. The molecule has 1 saturated heterocycles. The molecule has 0 radical (unpaired) electrons. The van der Waals surface area contributed by atoms with E-state index in [0.29, 0.717) is 13.2 Å². The molecule has 1 heterocycles. The average molecular weight is 156 g/mol. The van der Waals surface area contributed by atoms with Crippen LogP contribution in [0.1, 0.15) is 0 Å². The van der Waals surface area contributed by atoms with E-state index in [2.05, 4.69) is 5.32 Å². The van der Waals surface area contributed by atoms with Gasteiger partial charge in [0.2, 0.25) is 0 Å². The van der Waals surface area contributed by atoms with Crippen LogP contribution in [0.2, 0.25) is 0 Å². The van der Waals surface area contributed by atoms with Crippen LogP contribution in [0.25, 0.3) is 0 Å². The van der Waals surface area contributed by atoms with Crippen LogP contribution in [-0.4, -0.2) is 24.2 Å². The van der Waals surface area contributed by atoms with Crippen molar-refractivity contribution in [2.75, 3.05) is 19.8 Å². The summed E-state index contributed by atoms with van der Waals surface area (Å²) in [6, 6.07) is 0. The third kappa shape index (κ3) is 1.78. The number of nitrogens with one attached hydrogen (secondary N) is 1. The minimum atomic E-state index is -0.849. The third-order valence-electron chi connectivity index (χ3n) is 0.913. The summed E-state index contributed by atoms with van der Waals surface area (Å²) < 4.78 is 4.11. The van der Waals surface area contributed by atoms with E-state index in [1.807, 2.05) is 0 Å². The number of halogens is 2. The standard InChI is InChI=1S/C4H7Cl2NO/c5-4(6)3-8-2-1-7-4/h7H,1-3H2. The van der Waals surface area contributed by atoms with Crippen molar-refractivity contribution in [2.45, 2.75) is 4.46 Å². The molecular formula is C4H7Cl2NO. The Labute approximate surface area is 58.1 Å². The second kappa shape index (κ2) is 2.40. The number of hydrogen-bond donors (Lipinski definition) is 1. The number of rotatable bonds is 0. The van der Waals surface area contributed by atoms with Crippen LogP contribution in [0.15, 0.2) is 0 Å². The highest BCUT2D eigenvalue weighted by molar-refractivity contribution is 6.48. The minimum absolute atomic E-state index is 0.371. The Kier molecular flexibility index (Phi) is 1.98. The lowest BCUT2D eigenvalue weighted by Gasteiger charge is -2.25. The molecule has 0 aromatic heterocycles. The van der Waals surface area contributed by atoms with Gasteiger partial charge in [-0.1, -0.05) is 23.2 Å². The van der Waals surface area contributed by atoms with E-state index in [-0.39, 0.29) is 0 Å². The van der Waals surface area contributed by atoms with Crippen LogP contribution in [0.4, 0.5) is 0 Å². The van der Waals surface area contributed by atoms with Gasteiger partial charge in [-0.15, -0.1) is 0 Å². The fraction of sp³-hybridized carbons (Fsp3) is 1.00. The van der Waals surface area contributed by atoms with Crippen LogP contribution in [0.3, 0.4) is 0 Å². The summed E-state index contributed by atoms with van der Waals surface area (Å²) in [6.07, 6.45) is 0. The number of morpholine rings is 1. The molecular weight excluding hydrogens is 149 g/mol. The normalized spacial score (nSPS) is 27.8. The van der Waals surface area contributed by atoms with E-state index in [4.69, 9.17) is 27.9 Å². The molecule has 1 aliphatic heterocycles. The molecule has 0 unspecified atom stereocenters. The van der Waals surface area contributed by atoms with Crippen LogP contribution < -0.4 is 5.32 Å². The second-order valence-corrected chi connectivity index (χ2v) is 3.17. The molecule has 0 atom stereocenters. The maximum Gasteiger partial charge on any atom is 0.192 e. The molecule has 1 aliphatic rings. The van der Waals surface area contributed by atoms with Gasteiger partial charge in [0, 0.05) is 6.54 Å². The molecule has 1 fully saturated rings. The van der Waals surface area contributed by atoms with Crippen molar-refractivity contribution in [1.29, 1.82) is 0 Å². The maximum atomic E-state index is 5.60. The smallest absolute Gasteiger partial charge is 0.192 e. The first kappa shape index (κ1) is 6.62. The fourth-order valence-electron chi connectivity index (χ4n) is 0.557. The lowest BCUT2D eigenvalue weighted by Crippen LogP contribution is -2.45. The quantitative estimate of drug-likeness (QED) is 0.412. The monoisotopic (exact) mass is 155 g/mol. The van der Waals surface area contributed by atoms with Gasteiger partial charge in [0.05, 0.1) is 13.2 Å². The molecule has 1 N–H and O–H groups in total. The van der Waals surface area contributed by atoms with Crippen LogP contribution in [0, 0.1) is 0 Å². The molecule has 0 saturated carbocycles. The molecule has 0 aromatic rings. The Morgan fingerprint density at radius 3 is 2.50 bits per heavy atom. The van der Waals surface area contributed by atoms with Gasteiger partial charge in [0.1, 0.15) is 0 Å². The molecule has 0 aliphatic carbocycles. The lowest BCUT2D eigenvalue weighted by atomic mass is 10.5. The zero-order valence-electron chi connectivity index (χ0n) is 4.29. The van der Waals surface area contributed by atoms with Crippen LogP contribution in [0.5, 0.6) is 0 Å². The Hall–Kier alpha value is 0.500. The minimum Gasteiger partial charge on any atom is -0.376 e. The van der Waals surface area contributed by atoms with Gasteiger partial charge in [0.25, 0.3) is 0 Å². The van der Waals surface area contributed by atoms with Crippen molar-refractivity contribution >= 4 is 23.2 Å². The van der Waals surface area contributed by atoms with Gasteiger partial charge in [-0.25, -0.2) is 0 Å². The topological polar surface area (TPSA) is 21.3 Å². The number of ether oxygens (including phenoxy) is 1. The highest BCUT2D eigenvalue weighted by Gasteiger charge is 2.25. The average Bonchev–Trinajstić information content (AvgIpc) is 1.65. The zero-order valence-corrected chi connectivity index (χ0v) is 5.80. The lowest BCUT2D eigenvalue weighted by molar-refractivity contribution is 0.0873. The van der Waals surface area contributed by atoms with Crippen molar-refractivity contribution in [1.82, 2.24) is 5.32 Å². The summed E-state index contributed by atoms with van der Waals surface area (Å²) in [7, 11) is 0.